The van der Waals surface area contributed by atoms with Crippen molar-refractivity contribution in [3.8, 4) is 11.4 Å². The van der Waals surface area contributed by atoms with Gasteiger partial charge in [0.2, 0.25) is 5.82 Å². The SMILES string of the molecule is ONC(=Nc1ccc(F)c(Cl)c1)c1nonc1Cn1nnc(-c2cccnc2)n1. The highest BCUT2D eigenvalue weighted by atomic mass is 35.5. The molecule has 0 spiro atoms. The molecule has 0 saturated carbocycles. The monoisotopic (exact) mass is 415 g/mol. The average Bonchev–Trinajstić information content (AvgIpc) is 3.40. The molecule has 0 amide bonds. The maximum absolute atomic E-state index is 13.3. The van der Waals surface area contributed by atoms with Crippen LogP contribution in [-0.4, -0.2) is 46.5 Å². The number of rotatable bonds is 5. The molecule has 0 aliphatic carbocycles. The lowest BCUT2D eigenvalue weighted by Gasteiger charge is -2.03. The Bertz CT molecular complexity index is 1160. The largest absolute Gasteiger partial charge is 0.290 e. The van der Waals surface area contributed by atoms with Crippen LogP contribution in [0.1, 0.15) is 11.4 Å². The molecular formula is C16H11ClFN9O2. The van der Waals surface area contributed by atoms with Crippen LogP contribution in [0.3, 0.4) is 0 Å². The Morgan fingerprint density at radius 3 is 2.97 bits per heavy atom. The Hall–Kier alpha value is -3.77. The molecule has 0 saturated heterocycles. The summed E-state index contributed by atoms with van der Waals surface area (Å²) in [4.78, 5) is 9.42. The highest BCUT2D eigenvalue weighted by molar-refractivity contribution is 6.31. The highest BCUT2D eigenvalue weighted by Gasteiger charge is 2.18. The van der Waals surface area contributed by atoms with Gasteiger partial charge < -0.3 is 0 Å². The Labute approximate surface area is 166 Å². The average molecular weight is 416 g/mol. The maximum atomic E-state index is 13.3. The van der Waals surface area contributed by atoms with E-state index in [1.807, 2.05) is 5.48 Å². The van der Waals surface area contributed by atoms with Crippen LogP contribution in [0.4, 0.5) is 10.1 Å². The Balaban J connectivity index is 1.60. The molecule has 11 nitrogen and oxygen atoms in total. The fourth-order valence-electron chi connectivity index (χ4n) is 2.36. The maximum Gasteiger partial charge on any atom is 0.206 e. The molecule has 4 rings (SSSR count). The zero-order valence-corrected chi connectivity index (χ0v) is 15.2. The second-order valence-electron chi connectivity index (χ2n) is 5.62. The van der Waals surface area contributed by atoms with E-state index in [1.54, 1.807) is 24.5 Å². The third kappa shape index (κ3) is 4.07. The van der Waals surface area contributed by atoms with Gasteiger partial charge in [-0.2, -0.15) is 4.80 Å². The van der Waals surface area contributed by atoms with E-state index in [-0.39, 0.29) is 34.5 Å². The van der Waals surface area contributed by atoms with Crippen LogP contribution in [0.25, 0.3) is 11.4 Å². The van der Waals surface area contributed by atoms with Crippen LogP contribution in [-0.2, 0) is 6.54 Å². The Kier molecular flexibility index (Phi) is 5.18. The number of hydrogen-bond donors (Lipinski definition) is 2. The summed E-state index contributed by atoms with van der Waals surface area (Å²) in [6.45, 7) is 0.0387. The van der Waals surface area contributed by atoms with Crippen LogP contribution >= 0.6 is 11.6 Å². The van der Waals surface area contributed by atoms with Gasteiger partial charge in [0.15, 0.2) is 11.5 Å². The van der Waals surface area contributed by atoms with Gasteiger partial charge in [-0.1, -0.05) is 16.8 Å². The van der Waals surface area contributed by atoms with E-state index < -0.39 is 5.82 Å². The summed E-state index contributed by atoms with van der Waals surface area (Å²) in [5.41, 5.74) is 3.27. The number of halogens is 2. The van der Waals surface area contributed by atoms with Crippen molar-refractivity contribution in [3.05, 3.63) is 65.0 Å². The summed E-state index contributed by atoms with van der Waals surface area (Å²) in [5.74, 6) is -0.294. The highest BCUT2D eigenvalue weighted by Crippen LogP contribution is 2.22. The molecule has 3 aromatic heterocycles. The van der Waals surface area contributed by atoms with Crippen LogP contribution < -0.4 is 5.48 Å². The summed E-state index contributed by atoms with van der Waals surface area (Å²) in [7, 11) is 0. The van der Waals surface area contributed by atoms with E-state index in [0.29, 0.717) is 11.4 Å². The zero-order chi connectivity index (χ0) is 20.2. The van der Waals surface area contributed by atoms with E-state index in [4.69, 9.17) is 16.2 Å². The van der Waals surface area contributed by atoms with E-state index in [1.165, 1.54) is 16.9 Å². The van der Waals surface area contributed by atoms with Crippen LogP contribution in [0.15, 0.2) is 52.3 Å². The van der Waals surface area contributed by atoms with Crippen LogP contribution in [0, 0.1) is 5.82 Å². The minimum Gasteiger partial charge on any atom is -0.290 e. The quantitative estimate of drug-likeness (QED) is 0.284. The van der Waals surface area contributed by atoms with Gasteiger partial charge in [0, 0.05) is 18.0 Å². The summed E-state index contributed by atoms with van der Waals surface area (Å²) in [6, 6.07) is 7.38. The molecule has 0 atom stereocenters. The van der Waals surface area contributed by atoms with Crippen molar-refractivity contribution in [2.45, 2.75) is 6.54 Å². The van der Waals surface area contributed by atoms with E-state index in [0.717, 1.165) is 6.07 Å². The normalized spacial score (nSPS) is 11.6. The Morgan fingerprint density at radius 2 is 2.21 bits per heavy atom. The van der Waals surface area contributed by atoms with Crippen molar-refractivity contribution in [2.75, 3.05) is 0 Å². The number of hydrogen-bond acceptors (Lipinski definition) is 9. The minimum atomic E-state index is -0.588. The van der Waals surface area contributed by atoms with Gasteiger partial charge in [0.1, 0.15) is 18.1 Å². The summed E-state index contributed by atoms with van der Waals surface area (Å²) in [5, 5.41) is 29.1. The number of benzene rings is 1. The predicted octanol–water partition coefficient (Wildman–Crippen LogP) is 2.02. The molecule has 2 N–H and O–H groups in total. The number of aromatic nitrogens is 7. The fourth-order valence-corrected chi connectivity index (χ4v) is 2.53. The van der Waals surface area contributed by atoms with Gasteiger partial charge in [-0.3, -0.25) is 15.7 Å². The molecule has 4 aromatic rings. The molecule has 0 radical (unpaired) electrons. The smallest absolute Gasteiger partial charge is 0.206 e. The molecule has 0 unspecified atom stereocenters. The number of amidine groups is 1. The predicted molar refractivity (Wildman–Crippen MR) is 97.0 cm³/mol. The zero-order valence-electron chi connectivity index (χ0n) is 14.4. The lowest BCUT2D eigenvalue weighted by molar-refractivity contribution is 0.234. The third-order valence-electron chi connectivity index (χ3n) is 3.69. The van der Waals surface area contributed by atoms with Gasteiger partial charge in [-0.15, -0.1) is 10.2 Å². The first kappa shape index (κ1) is 18.6. The number of tetrazole rings is 1. The van der Waals surface area contributed by atoms with Gasteiger partial charge in [-0.05, 0) is 40.7 Å². The minimum absolute atomic E-state index is 0.0387. The van der Waals surface area contributed by atoms with Crippen molar-refractivity contribution < 1.29 is 14.2 Å². The molecule has 3 heterocycles. The summed E-state index contributed by atoms with van der Waals surface area (Å²) < 4.78 is 18.1. The van der Waals surface area contributed by atoms with Gasteiger partial charge in [-0.25, -0.2) is 14.0 Å². The van der Waals surface area contributed by atoms with E-state index in [2.05, 4.69) is 35.7 Å². The van der Waals surface area contributed by atoms with Crippen LogP contribution in [0.5, 0.6) is 0 Å². The molecule has 0 aliphatic rings. The molecule has 29 heavy (non-hydrogen) atoms. The first-order chi connectivity index (χ1) is 14.1. The van der Waals surface area contributed by atoms with Crippen LogP contribution in [0.2, 0.25) is 5.02 Å². The van der Waals surface area contributed by atoms with Crippen molar-refractivity contribution in [3.63, 3.8) is 0 Å². The van der Waals surface area contributed by atoms with Gasteiger partial charge in [0.05, 0.1) is 10.7 Å². The Morgan fingerprint density at radius 1 is 1.31 bits per heavy atom. The second-order valence-corrected chi connectivity index (χ2v) is 6.02. The fraction of sp³-hybridized carbons (Fsp3) is 0.0625. The number of aliphatic imine (C=N–C) groups is 1. The number of hydroxylamine groups is 1. The van der Waals surface area contributed by atoms with Gasteiger partial charge >= 0.3 is 0 Å². The summed E-state index contributed by atoms with van der Waals surface area (Å²) in [6.07, 6.45) is 3.25. The first-order valence-corrected chi connectivity index (χ1v) is 8.45. The number of pyridine rings is 1. The number of nitrogens with zero attached hydrogens (tertiary/aromatic N) is 8. The third-order valence-corrected chi connectivity index (χ3v) is 3.98. The molecule has 0 fully saturated rings. The van der Waals surface area contributed by atoms with E-state index >= 15 is 0 Å². The molecular weight excluding hydrogens is 405 g/mol. The molecule has 1 aromatic carbocycles. The van der Waals surface area contributed by atoms with Crippen molar-refractivity contribution in [2.24, 2.45) is 4.99 Å². The first-order valence-electron chi connectivity index (χ1n) is 8.08. The molecule has 146 valence electrons. The van der Waals surface area contributed by atoms with Crippen molar-refractivity contribution >= 4 is 23.1 Å². The summed E-state index contributed by atoms with van der Waals surface area (Å²) >= 11 is 5.75. The molecule has 0 bridgehead atoms. The van der Waals surface area contributed by atoms with Crippen molar-refractivity contribution in [1.82, 2.24) is 41.0 Å². The van der Waals surface area contributed by atoms with Gasteiger partial charge in [0.25, 0.3) is 0 Å². The topological polar surface area (TPSA) is 140 Å². The standard InChI is InChI=1S/C16H11ClFN9O2/c17-11-6-10(3-4-12(11)18)20-16(23-28)14-13(24-29-25-14)8-27-22-15(21-26-27)9-2-1-5-19-7-9/h1-7,28H,8H2,(H,20,23). The van der Waals surface area contributed by atoms with E-state index in [9.17, 15) is 9.60 Å². The lowest BCUT2D eigenvalue weighted by Crippen LogP contribution is -2.23. The molecule has 13 heteroatoms. The lowest BCUT2D eigenvalue weighted by atomic mass is 10.3. The second kappa shape index (κ2) is 8.08. The number of nitrogens with one attached hydrogen (secondary N) is 1. The van der Waals surface area contributed by atoms with Crippen molar-refractivity contribution in [1.29, 1.82) is 0 Å². The molecule has 0 aliphatic heterocycles.